The molecule has 26 heavy (non-hydrogen) atoms. The number of carboxylic acid groups (broad SMARTS) is 1. The van der Waals surface area contributed by atoms with E-state index in [9.17, 15) is 4.79 Å². The van der Waals surface area contributed by atoms with Crippen molar-refractivity contribution >= 4 is 5.97 Å². The molecule has 0 aliphatic rings. The van der Waals surface area contributed by atoms with Crippen molar-refractivity contribution in [1.82, 2.24) is 5.32 Å². The minimum Gasteiger partial charge on any atom is -0.494 e. The summed E-state index contributed by atoms with van der Waals surface area (Å²) < 4.78 is 5.81. The Morgan fingerprint density at radius 3 is 2.27 bits per heavy atom. The zero-order valence-corrected chi connectivity index (χ0v) is 15.3. The predicted molar refractivity (Wildman–Crippen MR) is 105 cm³/mol. The van der Waals surface area contributed by atoms with E-state index in [1.165, 1.54) is 24.0 Å². The van der Waals surface area contributed by atoms with Gasteiger partial charge in [-0.15, -0.1) is 0 Å². The molecule has 0 aliphatic heterocycles. The molecule has 0 unspecified atom stereocenters. The van der Waals surface area contributed by atoms with Crippen LogP contribution in [0.2, 0.25) is 0 Å². The van der Waals surface area contributed by atoms with Crippen molar-refractivity contribution in [3.05, 3.63) is 65.7 Å². The average Bonchev–Trinajstić information content (AvgIpc) is 2.66. The normalized spacial score (nSPS) is 10.6. The Morgan fingerprint density at radius 2 is 1.54 bits per heavy atom. The van der Waals surface area contributed by atoms with E-state index in [1.807, 2.05) is 12.1 Å². The molecular formula is C22H29NO3. The summed E-state index contributed by atoms with van der Waals surface area (Å²) >= 11 is 0. The molecule has 4 heteroatoms. The van der Waals surface area contributed by atoms with Gasteiger partial charge in [-0.25, -0.2) is 0 Å². The van der Waals surface area contributed by atoms with Crippen molar-refractivity contribution in [2.75, 3.05) is 19.7 Å². The van der Waals surface area contributed by atoms with E-state index in [0.717, 1.165) is 38.0 Å². The molecule has 0 amide bonds. The van der Waals surface area contributed by atoms with Crippen LogP contribution in [0, 0.1) is 0 Å². The fraction of sp³-hybridized carbons (Fsp3) is 0.409. The lowest BCUT2D eigenvalue weighted by Crippen LogP contribution is -2.23. The number of hydrogen-bond acceptors (Lipinski definition) is 3. The molecule has 0 spiro atoms. The highest BCUT2D eigenvalue weighted by Gasteiger charge is 1.99. The first-order valence-electron chi connectivity index (χ1n) is 9.42. The first kappa shape index (κ1) is 20.0. The predicted octanol–water partition coefficient (Wildman–Crippen LogP) is 4.09. The summed E-state index contributed by atoms with van der Waals surface area (Å²) in [4.78, 5) is 10.4. The van der Waals surface area contributed by atoms with Gasteiger partial charge in [0.2, 0.25) is 0 Å². The minimum absolute atomic E-state index is 0.0259. The van der Waals surface area contributed by atoms with Crippen molar-refractivity contribution in [2.24, 2.45) is 0 Å². The minimum atomic E-state index is -0.813. The third kappa shape index (κ3) is 8.67. The maximum Gasteiger partial charge on any atom is 0.317 e. The summed E-state index contributed by atoms with van der Waals surface area (Å²) in [7, 11) is 0. The van der Waals surface area contributed by atoms with Crippen LogP contribution in [-0.4, -0.2) is 30.8 Å². The van der Waals surface area contributed by atoms with Crippen molar-refractivity contribution < 1.29 is 14.6 Å². The molecule has 4 nitrogen and oxygen atoms in total. The van der Waals surface area contributed by atoms with Crippen LogP contribution in [0.4, 0.5) is 0 Å². The molecular weight excluding hydrogens is 326 g/mol. The smallest absolute Gasteiger partial charge is 0.317 e. The number of aryl methyl sites for hydroxylation is 2. The summed E-state index contributed by atoms with van der Waals surface area (Å²) in [5.74, 6) is 0.104. The molecule has 2 N–H and O–H groups in total. The van der Waals surface area contributed by atoms with E-state index in [1.54, 1.807) is 0 Å². The Hall–Kier alpha value is -2.33. The molecule has 140 valence electrons. The zero-order chi connectivity index (χ0) is 18.5. The summed E-state index contributed by atoms with van der Waals surface area (Å²) in [5, 5.41) is 11.5. The second kappa shape index (κ2) is 12.1. The van der Waals surface area contributed by atoms with Gasteiger partial charge in [0, 0.05) is 0 Å². The molecule has 0 aliphatic carbocycles. The maximum absolute atomic E-state index is 10.4. The number of unbranched alkanes of at least 4 members (excludes halogenated alkanes) is 2. The number of ether oxygens (including phenoxy) is 1. The van der Waals surface area contributed by atoms with Gasteiger partial charge in [0.25, 0.3) is 0 Å². The fourth-order valence-corrected chi connectivity index (χ4v) is 2.81. The van der Waals surface area contributed by atoms with Gasteiger partial charge < -0.3 is 15.2 Å². The van der Waals surface area contributed by atoms with Gasteiger partial charge in [-0.3, -0.25) is 4.79 Å². The van der Waals surface area contributed by atoms with E-state index in [-0.39, 0.29) is 6.54 Å². The molecule has 0 saturated carbocycles. The SMILES string of the molecule is O=C(O)CNCCCc1ccc(OCCCCCc2ccccc2)cc1. The zero-order valence-electron chi connectivity index (χ0n) is 15.3. The molecule has 0 fully saturated rings. The molecule has 2 aromatic carbocycles. The highest BCUT2D eigenvalue weighted by molar-refractivity contribution is 5.68. The van der Waals surface area contributed by atoms with E-state index < -0.39 is 5.97 Å². The Morgan fingerprint density at radius 1 is 0.846 bits per heavy atom. The van der Waals surface area contributed by atoms with Gasteiger partial charge in [-0.1, -0.05) is 42.5 Å². The van der Waals surface area contributed by atoms with E-state index in [2.05, 4.69) is 47.8 Å². The monoisotopic (exact) mass is 355 g/mol. The van der Waals surface area contributed by atoms with Gasteiger partial charge in [-0.05, 0) is 68.3 Å². The topological polar surface area (TPSA) is 58.6 Å². The van der Waals surface area contributed by atoms with Crippen molar-refractivity contribution in [3.63, 3.8) is 0 Å². The summed E-state index contributed by atoms with van der Waals surface area (Å²) in [5.41, 5.74) is 2.65. The van der Waals surface area contributed by atoms with Crippen LogP contribution in [-0.2, 0) is 17.6 Å². The number of carbonyl (C=O) groups is 1. The maximum atomic E-state index is 10.4. The number of benzene rings is 2. The highest BCUT2D eigenvalue weighted by Crippen LogP contribution is 2.14. The molecule has 0 aromatic heterocycles. The van der Waals surface area contributed by atoms with Crippen LogP contribution in [0.1, 0.15) is 36.8 Å². The van der Waals surface area contributed by atoms with Gasteiger partial charge in [-0.2, -0.15) is 0 Å². The third-order valence-electron chi connectivity index (χ3n) is 4.24. The van der Waals surface area contributed by atoms with E-state index >= 15 is 0 Å². The van der Waals surface area contributed by atoms with Crippen LogP contribution in [0.15, 0.2) is 54.6 Å². The van der Waals surface area contributed by atoms with Crippen molar-refractivity contribution in [2.45, 2.75) is 38.5 Å². The Labute approximate surface area is 156 Å². The van der Waals surface area contributed by atoms with Gasteiger partial charge in [0.15, 0.2) is 0 Å². The molecule has 0 saturated heterocycles. The van der Waals surface area contributed by atoms with Crippen molar-refractivity contribution in [1.29, 1.82) is 0 Å². The summed E-state index contributed by atoms with van der Waals surface area (Å²) in [6.45, 7) is 1.50. The van der Waals surface area contributed by atoms with Crippen molar-refractivity contribution in [3.8, 4) is 5.75 Å². The van der Waals surface area contributed by atoms with Crippen LogP contribution in [0.25, 0.3) is 0 Å². The number of hydrogen-bond donors (Lipinski definition) is 2. The number of rotatable bonds is 13. The van der Waals surface area contributed by atoms with Crippen LogP contribution in [0.5, 0.6) is 5.75 Å². The molecule has 0 radical (unpaired) electrons. The highest BCUT2D eigenvalue weighted by atomic mass is 16.5. The van der Waals surface area contributed by atoms with Crippen LogP contribution >= 0.6 is 0 Å². The van der Waals surface area contributed by atoms with Gasteiger partial charge in [0.05, 0.1) is 13.2 Å². The first-order chi connectivity index (χ1) is 12.7. The molecule has 0 heterocycles. The average molecular weight is 355 g/mol. The summed E-state index contributed by atoms with van der Waals surface area (Å²) in [6, 6.07) is 18.8. The first-order valence-corrected chi connectivity index (χ1v) is 9.42. The molecule has 0 bridgehead atoms. The van der Waals surface area contributed by atoms with E-state index in [0.29, 0.717) is 6.54 Å². The lowest BCUT2D eigenvalue weighted by atomic mass is 10.1. The van der Waals surface area contributed by atoms with Gasteiger partial charge in [0.1, 0.15) is 5.75 Å². The van der Waals surface area contributed by atoms with Crippen LogP contribution in [0.3, 0.4) is 0 Å². The lowest BCUT2D eigenvalue weighted by molar-refractivity contribution is -0.135. The molecule has 0 atom stereocenters. The van der Waals surface area contributed by atoms with E-state index in [4.69, 9.17) is 9.84 Å². The standard InChI is InChI=1S/C22H29NO3/c24-22(25)18-23-16-7-11-20-12-14-21(15-13-20)26-17-6-2-5-10-19-8-3-1-4-9-19/h1,3-4,8-9,12-15,23H,2,5-7,10-11,16-18H2,(H,24,25). The Bertz CT molecular complexity index is 626. The Balaban J connectivity index is 1.52. The molecule has 2 rings (SSSR count). The second-order valence-corrected chi connectivity index (χ2v) is 6.46. The molecule has 2 aromatic rings. The Kier molecular flexibility index (Phi) is 9.30. The number of carboxylic acids is 1. The summed E-state index contributed by atoms with van der Waals surface area (Å²) in [6.07, 6.45) is 6.44. The van der Waals surface area contributed by atoms with Gasteiger partial charge >= 0.3 is 5.97 Å². The third-order valence-corrected chi connectivity index (χ3v) is 4.24. The van der Waals surface area contributed by atoms with Crippen LogP contribution < -0.4 is 10.1 Å². The number of aliphatic carboxylic acids is 1. The quantitative estimate of drug-likeness (QED) is 0.532. The largest absolute Gasteiger partial charge is 0.494 e. The fourth-order valence-electron chi connectivity index (χ4n) is 2.81. The second-order valence-electron chi connectivity index (χ2n) is 6.46. The lowest BCUT2D eigenvalue weighted by Gasteiger charge is -2.08. The number of nitrogens with one attached hydrogen (secondary N) is 1.